The molecule has 0 saturated carbocycles. The predicted octanol–water partition coefficient (Wildman–Crippen LogP) is 7.87. The van der Waals surface area contributed by atoms with E-state index in [9.17, 15) is 8.78 Å². The Labute approximate surface area is 222 Å². The SMILES string of the molecule is CCCCCCCCOc1cc2c(c(F)n1)C(F)(F)C(C1=NC(F)N(OCC(Cl)CCCC)C=C1)CC2. The van der Waals surface area contributed by atoms with Crippen LogP contribution < -0.4 is 4.74 Å². The first-order chi connectivity index (χ1) is 17.8. The minimum atomic E-state index is -3.60. The van der Waals surface area contributed by atoms with Crippen LogP contribution in [0.5, 0.6) is 5.88 Å². The molecule has 3 rings (SSSR count). The van der Waals surface area contributed by atoms with E-state index in [0.717, 1.165) is 43.6 Å². The zero-order chi connectivity index (χ0) is 26.8. The van der Waals surface area contributed by atoms with Crippen molar-refractivity contribution in [2.24, 2.45) is 10.9 Å². The molecule has 1 aromatic heterocycles. The Morgan fingerprint density at radius 1 is 1.14 bits per heavy atom. The van der Waals surface area contributed by atoms with E-state index in [1.807, 2.05) is 6.92 Å². The maximum absolute atomic E-state index is 15.5. The van der Waals surface area contributed by atoms with Crippen molar-refractivity contribution >= 4 is 17.3 Å². The Kier molecular flexibility index (Phi) is 11.5. The molecule has 0 radical (unpaired) electrons. The first kappa shape index (κ1) is 29.7. The maximum atomic E-state index is 15.5. The fourth-order valence-electron chi connectivity index (χ4n) is 4.64. The lowest BCUT2D eigenvalue weighted by Gasteiger charge is -2.35. The molecule has 2 aliphatic rings. The Bertz CT molecular complexity index is 931. The monoisotopic (exact) mass is 547 g/mol. The number of unbranched alkanes of at least 4 members (excludes halogenated alkanes) is 6. The molecule has 1 aliphatic carbocycles. The number of alkyl halides is 4. The smallest absolute Gasteiger partial charge is 0.288 e. The minimum absolute atomic E-state index is 0.0158. The summed E-state index contributed by atoms with van der Waals surface area (Å²) < 4.78 is 66.0. The topological polar surface area (TPSA) is 47.0 Å². The molecule has 0 saturated heterocycles. The van der Waals surface area contributed by atoms with E-state index in [4.69, 9.17) is 21.2 Å². The van der Waals surface area contributed by atoms with Crippen LogP contribution in [0.2, 0.25) is 0 Å². The number of pyridine rings is 1. The molecule has 3 unspecified atom stereocenters. The average Bonchev–Trinajstić information content (AvgIpc) is 2.85. The lowest BCUT2D eigenvalue weighted by atomic mass is 9.78. The molecule has 2 heterocycles. The zero-order valence-electron chi connectivity index (χ0n) is 21.7. The quantitative estimate of drug-likeness (QED) is 0.0737. The molecule has 10 heteroatoms. The molecule has 0 aromatic carbocycles. The van der Waals surface area contributed by atoms with E-state index < -0.39 is 29.8 Å². The van der Waals surface area contributed by atoms with Gasteiger partial charge in [0.25, 0.3) is 12.3 Å². The predicted molar refractivity (Wildman–Crippen MR) is 137 cm³/mol. The fraction of sp³-hybridized carbons (Fsp3) is 0.704. The molecule has 0 amide bonds. The Hall–Kier alpha value is -1.87. The van der Waals surface area contributed by atoms with E-state index in [0.29, 0.717) is 6.61 Å². The minimum Gasteiger partial charge on any atom is -0.478 e. The Morgan fingerprint density at radius 3 is 2.59 bits per heavy atom. The molecule has 1 aromatic rings. The van der Waals surface area contributed by atoms with E-state index in [1.165, 1.54) is 37.6 Å². The van der Waals surface area contributed by atoms with Crippen LogP contribution in [-0.2, 0) is 17.2 Å². The number of ether oxygens (including phenoxy) is 1. The molecule has 37 heavy (non-hydrogen) atoms. The zero-order valence-corrected chi connectivity index (χ0v) is 22.5. The number of aliphatic imine (C=N–C) groups is 1. The second-order valence-corrected chi connectivity index (χ2v) is 10.3. The summed E-state index contributed by atoms with van der Waals surface area (Å²) in [4.78, 5) is 12.8. The third kappa shape index (κ3) is 8.06. The molecule has 5 nitrogen and oxygen atoms in total. The van der Waals surface area contributed by atoms with Gasteiger partial charge in [-0.3, -0.25) is 4.84 Å². The van der Waals surface area contributed by atoms with Crippen LogP contribution in [-0.4, -0.2) is 40.8 Å². The van der Waals surface area contributed by atoms with Crippen LogP contribution in [0, 0.1) is 11.9 Å². The summed E-state index contributed by atoms with van der Waals surface area (Å²) in [6, 6.07) is 1.40. The molecule has 0 spiro atoms. The molecule has 3 atom stereocenters. The number of halogens is 5. The molecular weight excluding hydrogens is 510 g/mol. The highest BCUT2D eigenvalue weighted by atomic mass is 35.5. The van der Waals surface area contributed by atoms with Gasteiger partial charge < -0.3 is 4.74 Å². The van der Waals surface area contributed by atoms with Gasteiger partial charge in [0.2, 0.25) is 11.8 Å². The van der Waals surface area contributed by atoms with Gasteiger partial charge in [0.15, 0.2) is 0 Å². The number of aryl methyl sites for hydroxylation is 1. The maximum Gasteiger partial charge on any atom is 0.288 e. The first-order valence-corrected chi connectivity index (χ1v) is 13.9. The van der Waals surface area contributed by atoms with Crippen LogP contribution >= 0.6 is 11.6 Å². The van der Waals surface area contributed by atoms with Gasteiger partial charge in [-0.1, -0.05) is 58.8 Å². The third-order valence-corrected chi connectivity index (χ3v) is 7.09. The molecular formula is C27H38ClF4N3O2. The van der Waals surface area contributed by atoms with Crippen molar-refractivity contribution in [2.45, 2.75) is 102 Å². The number of nitrogens with zero attached hydrogens (tertiary/aromatic N) is 3. The van der Waals surface area contributed by atoms with Crippen LogP contribution in [0.4, 0.5) is 17.6 Å². The van der Waals surface area contributed by atoms with Gasteiger partial charge in [-0.2, -0.15) is 13.8 Å². The number of rotatable bonds is 15. The van der Waals surface area contributed by atoms with Gasteiger partial charge in [-0.15, -0.1) is 11.6 Å². The van der Waals surface area contributed by atoms with Gasteiger partial charge in [0, 0.05) is 12.3 Å². The standard InChI is InChI=1S/C27H38ClF4N3O2/c1-3-5-7-8-9-10-16-36-23-17-19-12-13-21(27(31,32)24(19)25(29)34-23)22-14-15-35(26(30)33-22)37-18-20(28)11-6-4-2/h14-15,17,20-21,26H,3-13,16,18H2,1-2H3. The van der Waals surface area contributed by atoms with Gasteiger partial charge in [0.05, 0.1) is 35.8 Å². The lowest BCUT2D eigenvalue weighted by Crippen LogP contribution is -2.40. The van der Waals surface area contributed by atoms with Crippen molar-refractivity contribution in [3.05, 3.63) is 35.4 Å². The average molecular weight is 548 g/mol. The number of allylic oxidation sites excluding steroid dienone is 1. The van der Waals surface area contributed by atoms with Crippen molar-refractivity contribution in [3.8, 4) is 5.88 Å². The Balaban J connectivity index is 1.60. The van der Waals surface area contributed by atoms with Crippen molar-refractivity contribution < 1.29 is 27.1 Å². The van der Waals surface area contributed by atoms with Crippen LogP contribution in [0.25, 0.3) is 0 Å². The molecule has 0 fully saturated rings. The highest BCUT2D eigenvalue weighted by molar-refractivity contribution is 6.20. The van der Waals surface area contributed by atoms with Crippen molar-refractivity contribution in [3.63, 3.8) is 0 Å². The summed E-state index contributed by atoms with van der Waals surface area (Å²) in [5, 5.41) is 0.565. The molecule has 208 valence electrons. The van der Waals surface area contributed by atoms with Crippen LogP contribution in [0.1, 0.15) is 89.2 Å². The number of hydrogen-bond donors (Lipinski definition) is 0. The van der Waals surface area contributed by atoms with Crippen LogP contribution in [0.15, 0.2) is 23.3 Å². The van der Waals surface area contributed by atoms with Gasteiger partial charge >= 0.3 is 0 Å². The van der Waals surface area contributed by atoms with E-state index in [1.54, 1.807) is 0 Å². The fourth-order valence-corrected chi connectivity index (χ4v) is 4.85. The molecule has 0 bridgehead atoms. The highest BCUT2D eigenvalue weighted by Gasteiger charge is 2.50. The van der Waals surface area contributed by atoms with Crippen molar-refractivity contribution in [1.29, 1.82) is 0 Å². The van der Waals surface area contributed by atoms with E-state index in [2.05, 4.69) is 16.9 Å². The van der Waals surface area contributed by atoms with Gasteiger partial charge in [0.1, 0.15) is 0 Å². The van der Waals surface area contributed by atoms with Gasteiger partial charge in [-0.05, 0) is 37.3 Å². The second-order valence-electron chi connectivity index (χ2n) is 9.69. The second kappa shape index (κ2) is 14.3. The number of hydrogen-bond acceptors (Lipinski definition) is 5. The van der Waals surface area contributed by atoms with Crippen LogP contribution in [0.3, 0.4) is 0 Å². The summed E-state index contributed by atoms with van der Waals surface area (Å²) in [5.74, 6) is -6.32. The molecule has 0 N–H and O–H groups in total. The number of aromatic nitrogens is 1. The number of fused-ring (bicyclic) bond motifs is 1. The largest absolute Gasteiger partial charge is 0.478 e. The summed E-state index contributed by atoms with van der Waals surface area (Å²) >= 11 is 6.16. The summed E-state index contributed by atoms with van der Waals surface area (Å²) in [6.45, 7) is 4.62. The van der Waals surface area contributed by atoms with Crippen molar-refractivity contribution in [2.75, 3.05) is 13.2 Å². The highest BCUT2D eigenvalue weighted by Crippen LogP contribution is 2.47. The lowest BCUT2D eigenvalue weighted by molar-refractivity contribution is -0.180. The molecule has 1 aliphatic heterocycles. The van der Waals surface area contributed by atoms with Gasteiger partial charge in [-0.25, -0.2) is 18.8 Å². The third-order valence-electron chi connectivity index (χ3n) is 6.74. The Morgan fingerprint density at radius 2 is 1.86 bits per heavy atom. The summed E-state index contributed by atoms with van der Waals surface area (Å²) in [7, 11) is 0. The summed E-state index contributed by atoms with van der Waals surface area (Å²) in [5.41, 5.74) is -0.741. The van der Waals surface area contributed by atoms with Crippen molar-refractivity contribution in [1.82, 2.24) is 10.0 Å². The summed E-state index contributed by atoms with van der Waals surface area (Å²) in [6.07, 6.45) is 9.74. The van der Waals surface area contributed by atoms with E-state index >= 15 is 8.78 Å². The van der Waals surface area contributed by atoms with E-state index in [-0.39, 0.29) is 42.0 Å². The number of hydroxylamine groups is 2. The first-order valence-electron chi connectivity index (χ1n) is 13.4. The normalized spacial score (nSPS) is 21.5.